The van der Waals surface area contributed by atoms with Gasteiger partial charge in [-0.05, 0) is 32.6 Å². The summed E-state index contributed by atoms with van der Waals surface area (Å²) < 4.78 is 0. The molecule has 3 N–H and O–H groups in total. The normalized spacial score (nSPS) is 17.8. The minimum atomic E-state index is -0.751. The number of nitrogens with zero attached hydrogens (tertiary/aromatic N) is 1. The predicted molar refractivity (Wildman–Crippen MR) is 75.6 cm³/mol. The summed E-state index contributed by atoms with van der Waals surface area (Å²) in [6.45, 7) is 3.62. The Bertz CT molecular complexity index is 321. The zero-order chi connectivity index (χ0) is 15.0. The molecule has 2 amide bonds. The fourth-order valence-electron chi connectivity index (χ4n) is 2.25. The van der Waals surface area contributed by atoms with E-state index in [0.717, 1.165) is 19.3 Å². The van der Waals surface area contributed by atoms with Crippen molar-refractivity contribution in [1.82, 2.24) is 10.2 Å². The number of amides is 2. The zero-order valence-corrected chi connectivity index (χ0v) is 12.2. The number of piperidine rings is 1. The second-order valence-corrected chi connectivity index (χ2v) is 5.77. The molecular weight excluding hydrogens is 260 g/mol. The maximum Gasteiger partial charge on any atom is 0.317 e. The van der Waals surface area contributed by atoms with E-state index < -0.39 is 11.6 Å². The number of likely N-dealkylation sites (tertiary alicyclic amines) is 1. The molecule has 0 aliphatic carbocycles. The van der Waals surface area contributed by atoms with Crippen molar-refractivity contribution in [3.63, 3.8) is 0 Å². The summed E-state index contributed by atoms with van der Waals surface area (Å²) in [7, 11) is 0. The number of unbranched alkanes of at least 4 members (excludes halogenated alkanes) is 3. The van der Waals surface area contributed by atoms with Crippen molar-refractivity contribution in [3.8, 4) is 0 Å². The molecule has 1 rings (SSSR count). The number of carbonyl (C=O) groups excluding carboxylic acids is 1. The Balaban J connectivity index is 2.02. The fourth-order valence-corrected chi connectivity index (χ4v) is 2.25. The van der Waals surface area contributed by atoms with Crippen LogP contribution in [-0.2, 0) is 4.79 Å². The fraction of sp³-hybridized carbons (Fsp3) is 0.857. The monoisotopic (exact) mass is 286 g/mol. The van der Waals surface area contributed by atoms with Crippen LogP contribution < -0.4 is 5.32 Å². The first-order chi connectivity index (χ1) is 9.41. The average molecular weight is 286 g/mol. The molecule has 0 aromatic rings. The Hall–Kier alpha value is -1.30. The number of carboxylic acids is 1. The van der Waals surface area contributed by atoms with Crippen molar-refractivity contribution < 1.29 is 19.8 Å². The molecule has 1 aliphatic rings. The van der Waals surface area contributed by atoms with Gasteiger partial charge in [0.2, 0.25) is 0 Å². The number of nitrogens with one attached hydrogen (secondary N) is 1. The highest BCUT2D eigenvalue weighted by Crippen LogP contribution is 2.20. The van der Waals surface area contributed by atoms with Crippen molar-refractivity contribution in [1.29, 1.82) is 0 Å². The van der Waals surface area contributed by atoms with Gasteiger partial charge in [0.15, 0.2) is 0 Å². The molecule has 1 saturated heterocycles. The van der Waals surface area contributed by atoms with Gasteiger partial charge in [0.25, 0.3) is 0 Å². The molecule has 0 spiro atoms. The largest absolute Gasteiger partial charge is 0.481 e. The van der Waals surface area contributed by atoms with E-state index in [1.54, 1.807) is 11.8 Å². The van der Waals surface area contributed by atoms with Gasteiger partial charge < -0.3 is 20.4 Å². The standard InChI is InChI=1S/C14H26N2O4/c1-14(20)7-10-16(11-8-14)13(19)15-9-5-3-2-4-6-12(17)18/h20H,2-11H2,1H3,(H,15,19)(H,17,18). The first kappa shape index (κ1) is 16.8. The Kier molecular flexibility index (Phi) is 6.78. The molecule has 0 aromatic carbocycles. The van der Waals surface area contributed by atoms with Crippen LogP contribution in [0.25, 0.3) is 0 Å². The highest BCUT2D eigenvalue weighted by molar-refractivity contribution is 5.74. The first-order valence-electron chi connectivity index (χ1n) is 7.38. The summed E-state index contributed by atoms with van der Waals surface area (Å²) in [5.41, 5.74) is -0.638. The molecule has 0 aromatic heterocycles. The van der Waals surface area contributed by atoms with E-state index in [-0.39, 0.29) is 12.5 Å². The lowest BCUT2D eigenvalue weighted by molar-refractivity contribution is -0.137. The SMILES string of the molecule is CC1(O)CCN(C(=O)NCCCCCCC(=O)O)CC1. The number of rotatable bonds is 7. The number of hydrogen-bond acceptors (Lipinski definition) is 3. The van der Waals surface area contributed by atoms with Crippen molar-refractivity contribution in [2.24, 2.45) is 0 Å². The van der Waals surface area contributed by atoms with E-state index in [1.807, 2.05) is 0 Å². The van der Waals surface area contributed by atoms with E-state index >= 15 is 0 Å². The first-order valence-corrected chi connectivity index (χ1v) is 7.38. The van der Waals surface area contributed by atoms with Gasteiger partial charge in [0.1, 0.15) is 0 Å². The number of aliphatic hydroxyl groups is 1. The lowest BCUT2D eigenvalue weighted by atomic mass is 9.94. The van der Waals surface area contributed by atoms with Crippen molar-refractivity contribution in [3.05, 3.63) is 0 Å². The molecule has 6 nitrogen and oxygen atoms in total. The van der Waals surface area contributed by atoms with Crippen molar-refractivity contribution >= 4 is 12.0 Å². The van der Waals surface area contributed by atoms with Crippen LogP contribution in [0.2, 0.25) is 0 Å². The smallest absolute Gasteiger partial charge is 0.317 e. The van der Waals surface area contributed by atoms with Crippen LogP contribution in [-0.4, -0.2) is 52.3 Å². The zero-order valence-electron chi connectivity index (χ0n) is 12.2. The number of urea groups is 1. The summed E-state index contributed by atoms with van der Waals surface area (Å²) in [6.07, 6.45) is 4.85. The van der Waals surface area contributed by atoms with E-state index in [4.69, 9.17) is 5.11 Å². The van der Waals surface area contributed by atoms with Gasteiger partial charge in [-0.2, -0.15) is 0 Å². The average Bonchev–Trinajstić information content (AvgIpc) is 2.37. The minimum Gasteiger partial charge on any atom is -0.481 e. The van der Waals surface area contributed by atoms with Crippen LogP contribution in [0.3, 0.4) is 0 Å². The van der Waals surface area contributed by atoms with Crippen LogP contribution in [0.15, 0.2) is 0 Å². The Morgan fingerprint density at radius 3 is 2.35 bits per heavy atom. The quantitative estimate of drug-likeness (QED) is 0.620. The lowest BCUT2D eigenvalue weighted by Gasteiger charge is -2.35. The number of carboxylic acid groups (broad SMARTS) is 1. The van der Waals surface area contributed by atoms with Gasteiger partial charge in [-0.15, -0.1) is 0 Å². The number of carbonyl (C=O) groups is 2. The van der Waals surface area contributed by atoms with Gasteiger partial charge in [-0.3, -0.25) is 4.79 Å². The third kappa shape index (κ3) is 6.75. The van der Waals surface area contributed by atoms with E-state index in [1.165, 1.54) is 0 Å². The van der Waals surface area contributed by atoms with Crippen LogP contribution >= 0.6 is 0 Å². The summed E-state index contributed by atoms with van der Waals surface area (Å²) in [4.78, 5) is 23.9. The topological polar surface area (TPSA) is 89.9 Å². The van der Waals surface area contributed by atoms with E-state index in [9.17, 15) is 14.7 Å². The van der Waals surface area contributed by atoms with Gasteiger partial charge >= 0.3 is 12.0 Å². The molecule has 1 heterocycles. The number of hydrogen-bond donors (Lipinski definition) is 3. The molecule has 0 radical (unpaired) electrons. The third-order valence-electron chi connectivity index (χ3n) is 3.72. The van der Waals surface area contributed by atoms with Crippen LogP contribution in [0.1, 0.15) is 51.9 Å². The summed E-state index contributed by atoms with van der Waals surface area (Å²) in [6, 6.07) is -0.0639. The van der Waals surface area contributed by atoms with E-state index in [2.05, 4.69) is 5.32 Å². The summed E-state index contributed by atoms with van der Waals surface area (Å²) in [5, 5.41) is 21.2. The van der Waals surface area contributed by atoms with Gasteiger partial charge in [-0.25, -0.2) is 4.79 Å². The van der Waals surface area contributed by atoms with Crippen LogP contribution in [0.5, 0.6) is 0 Å². The Morgan fingerprint density at radius 2 is 1.75 bits per heavy atom. The Morgan fingerprint density at radius 1 is 1.15 bits per heavy atom. The van der Waals surface area contributed by atoms with Gasteiger partial charge in [0.05, 0.1) is 5.60 Å². The maximum absolute atomic E-state index is 11.8. The highest BCUT2D eigenvalue weighted by Gasteiger charge is 2.29. The summed E-state index contributed by atoms with van der Waals surface area (Å²) >= 11 is 0. The molecule has 0 saturated carbocycles. The second kappa shape index (κ2) is 8.09. The van der Waals surface area contributed by atoms with Gasteiger partial charge in [-0.1, -0.05) is 12.8 Å². The summed E-state index contributed by atoms with van der Waals surface area (Å²) in [5.74, 6) is -0.751. The van der Waals surface area contributed by atoms with Gasteiger partial charge in [0, 0.05) is 26.1 Å². The number of aliphatic carboxylic acids is 1. The second-order valence-electron chi connectivity index (χ2n) is 5.77. The Labute approximate surface area is 120 Å². The van der Waals surface area contributed by atoms with E-state index in [0.29, 0.717) is 38.9 Å². The molecule has 20 heavy (non-hydrogen) atoms. The molecule has 1 fully saturated rings. The van der Waals surface area contributed by atoms with Crippen molar-refractivity contribution in [2.75, 3.05) is 19.6 Å². The predicted octanol–water partition coefficient (Wildman–Crippen LogP) is 1.58. The van der Waals surface area contributed by atoms with Crippen molar-refractivity contribution in [2.45, 2.75) is 57.5 Å². The molecular formula is C14H26N2O4. The molecule has 0 unspecified atom stereocenters. The van der Waals surface area contributed by atoms with Crippen LogP contribution in [0, 0.1) is 0 Å². The maximum atomic E-state index is 11.8. The highest BCUT2D eigenvalue weighted by atomic mass is 16.4. The molecule has 0 atom stereocenters. The van der Waals surface area contributed by atoms with Crippen LogP contribution in [0.4, 0.5) is 4.79 Å². The molecule has 116 valence electrons. The molecule has 6 heteroatoms. The molecule has 1 aliphatic heterocycles. The third-order valence-corrected chi connectivity index (χ3v) is 3.72. The minimum absolute atomic E-state index is 0.0639. The lowest BCUT2D eigenvalue weighted by Crippen LogP contribution is -2.48. The molecule has 0 bridgehead atoms.